The van der Waals surface area contributed by atoms with Gasteiger partial charge >= 0.3 is 5.97 Å². The van der Waals surface area contributed by atoms with Crippen LogP contribution in [0.4, 0.5) is 5.82 Å². The number of anilines is 1. The number of benzene rings is 1. The van der Waals surface area contributed by atoms with E-state index in [0.29, 0.717) is 22.5 Å². The molecule has 7 nitrogen and oxygen atoms in total. The van der Waals surface area contributed by atoms with Gasteiger partial charge in [0.05, 0.1) is 30.4 Å². The highest BCUT2D eigenvalue weighted by Gasteiger charge is 2.16. The zero-order valence-corrected chi connectivity index (χ0v) is 13.7. The maximum atomic E-state index is 11.5. The van der Waals surface area contributed by atoms with Gasteiger partial charge in [-0.3, -0.25) is 0 Å². The smallest absolute Gasteiger partial charge is 0.337 e. The minimum Gasteiger partial charge on any atom is -0.465 e. The fourth-order valence-electron chi connectivity index (χ4n) is 2.54. The third-order valence-electron chi connectivity index (χ3n) is 3.85. The molecule has 25 heavy (non-hydrogen) atoms. The van der Waals surface area contributed by atoms with Crippen LogP contribution in [0.25, 0.3) is 22.5 Å². The van der Waals surface area contributed by atoms with E-state index in [1.54, 1.807) is 36.7 Å². The Kier molecular flexibility index (Phi) is 4.18. The van der Waals surface area contributed by atoms with Crippen molar-refractivity contribution in [2.24, 2.45) is 0 Å². The number of nitriles is 1. The summed E-state index contributed by atoms with van der Waals surface area (Å²) in [6.07, 6.45) is 1.56. The van der Waals surface area contributed by atoms with E-state index in [2.05, 4.69) is 21.0 Å². The first-order valence-corrected chi connectivity index (χ1v) is 7.45. The number of nitrogens with two attached hydrogens (primary N) is 1. The molecule has 2 heterocycles. The highest BCUT2D eigenvalue weighted by Crippen LogP contribution is 2.31. The first-order valence-electron chi connectivity index (χ1n) is 7.45. The molecule has 1 aromatic carbocycles. The molecule has 0 amide bonds. The maximum Gasteiger partial charge on any atom is 0.337 e. The molecule has 3 rings (SSSR count). The summed E-state index contributed by atoms with van der Waals surface area (Å²) >= 11 is 0. The number of rotatable bonds is 3. The first-order chi connectivity index (χ1) is 12.0. The van der Waals surface area contributed by atoms with Crippen LogP contribution in [0, 0.1) is 18.3 Å². The molecule has 3 N–H and O–H groups in total. The molecule has 0 spiro atoms. The van der Waals surface area contributed by atoms with E-state index in [-0.39, 0.29) is 11.4 Å². The van der Waals surface area contributed by atoms with E-state index in [1.165, 1.54) is 7.11 Å². The number of aryl methyl sites for hydroxylation is 1. The number of pyridine rings is 1. The number of esters is 1. The summed E-state index contributed by atoms with van der Waals surface area (Å²) in [4.78, 5) is 23.1. The van der Waals surface area contributed by atoms with Crippen molar-refractivity contribution in [1.29, 1.82) is 5.26 Å². The number of carbonyl (C=O) groups is 1. The minimum absolute atomic E-state index is 0.134. The van der Waals surface area contributed by atoms with Gasteiger partial charge in [-0.25, -0.2) is 14.8 Å². The van der Waals surface area contributed by atoms with Gasteiger partial charge in [0.2, 0.25) is 0 Å². The lowest BCUT2D eigenvalue weighted by atomic mass is 10.0. The Bertz CT molecular complexity index is 984. The zero-order valence-electron chi connectivity index (χ0n) is 13.7. The van der Waals surface area contributed by atoms with E-state index in [9.17, 15) is 10.1 Å². The summed E-state index contributed by atoms with van der Waals surface area (Å²) in [5.41, 5.74) is 10.1. The molecule has 0 fully saturated rings. The molecule has 3 aromatic rings. The van der Waals surface area contributed by atoms with E-state index in [1.807, 2.05) is 6.92 Å². The molecule has 124 valence electrons. The Labute approximate surface area is 144 Å². The summed E-state index contributed by atoms with van der Waals surface area (Å²) in [5, 5.41) is 9.42. The van der Waals surface area contributed by atoms with Gasteiger partial charge < -0.3 is 15.5 Å². The molecule has 0 saturated heterocycles. The van der Waals surface area contributed by atoms with Crippen molar-refractivity contribution in [2.45, 2.75) is 6.92 Å². The summed E-state index contributed by atoms with van der Waals surface area (Å²) in [7, 11) is 1.33. The van der Waals surface area contributed by atoms with Crippen LogP contribution in [0.5, 0.6) is 0 Å². The molecule has 0 saturated carbocycles. The Morgan fingerprint density at radius 3 is 2.60 bits per heavy atom. The number of methoxy groups -OCH3 is 1. The monoisotopic (exact) mass is 333 g/mol. The number of hydrogen-bond acceptors (Lipinski definition) is 6. The number of ether oxygens (including phenoxy) is 1. The number of nitrogens with one attached hydrogen (secondary N) is 1. The number of imidazole rings is 1. The predicted octanol–water partition coefficient (Wildman–Crippen LogP) is 2.69. The molecule has 0 aliphatic carbocycles. The Morgan fingerprint density at radius 2 is 2.04 bits per heavy atom. The van der Waals surface area contributed by atoms with Crippen molar-refractivity contribution < 1.29 is 9.53 Å². The molecular formula is C18H15N5O2. The van der Waals surface area contributed by atoms with E-state index in [4.69, 9.17) is 10.5 Å². The second kappa shape index (κ2) is 6.45. The zero-order chi connectivity index (χ0) is 18.0. The molecule has 7 heteroatoms. The van der Waals surface area contributed by atoms with Crippen LogP contribution in [0.15, 0.2) is 36.7 Å². The number of H-pyrrole nitrogens is 1. The summed E-state index contributed by atoms with van der Waals surface area (Å²) in [5.74, 6) is -0.277. The molecule has 0 radical (unpaired) electrons. The Hall–Kier alpha value is -3.66. The number of carbonyl (C=O) groups excluding carboxylic acids is 1. The quantitative estimate of drug-likeness (QED) is 0.711. The van der Waals surface area contributed by atoms with Crippen molar-refractivity contribution in [3.05, 3.63) is 53.5 Å². The Morgan fingerprint density at radius 1 is 1.32 bits per heavy atom. The van der Waals surface area contributed by atoms with Crippen molar-refractivity contribution >= 4 is 11.8 Å². The highest BCUT2D eigenvalue weighted by molar-refractivity contribution is 5.90. The number of aromatic nitrogens is 3. The largest absolute Gasteiger partial charge is 0.465 e. The number of aromatic amines is 1. The average molecular weight is 333 g/mol. The third kappa shape index (κ3) is 2.93. The average Bonchev–Trinajstić information content (AvgIpc) is 3.06. The van der Waals surface area contributed by atoms with E-state index < -0.39 is 5.97 Å². The SMILES string of the molecule is COC(=O)c1ccc(-c2cc(-c3nc[nH]c3C)c(C#N)c(N)n2)cc1. The van der Waals surface area contributed by atoms with Gasteiger partial charge in [0.15, 0.2) is 0 Å². The molecule has 0 aliphatic heterocycles. The summed E-state index contributed by atoms with van der Waals surface area (Å²) < 4.78 is 4.69. The van der Waals surface area contributed by atoms with E-state index >= 15 is 0 Å². The fourth-order valence-corrected chi connectivity index (χ4v) is 2.54. The standard InChI is InChI=1S/C18H15N5O2/c1-10-16(22-9-21-10)13-7-15(23-17(20)14(13)8-19)11-3-5-12(6-4-11)18(24)25-2/h3-7,9H,1-2H3,(H2,20,23)(H,21,22). The normalized spacial score (nSPS) is 10.3. The van der Waals surface area contributed by atoms with Gasteiger partial charge in [0.1, 0.15) is 17.5 Å². The van der Waals surface area contributed by atoms with Crippen molar-refractivity contribution in [3.63, 3.8) is 0 Å². The van der Waals surface area contributed by atoms with Gasteiger partial charge in [-0.05, 0) is 25.1 Å². The van der Waals surface area contributed by atoms with Crippen LogP contribution in [0.1, 0.15) is 21.6 Å². The summed E-state index contributed by atoms with van der Waals surface area (Å²) in [6, 6.07) is 10.7. The van der Waals surface area contributed by atoms with Crippen LogP contribution < -0.4 is 5.73 Å². The van der Waals surface area contributed by atoms with Crippen LogP contribution in [0.3, 0.4) is 0 Å². The van der Waals surface area contributed by atoms with Crippen LogP contribution >= 0.6 is 0 Å². The van der Waals surface area contributed by atoms with E-state index in [0.717, 1.165) is 11.3 Å². The summed E-state index contributed by atoms with van der Waals surface area (Å²) in [6.45, 7) is 1.87. The minimum atomic E-state index is -0.410. The third-order valence-corrected chi connectivity index (χ3v) is 3.85. The van der Waals surface area contributed by atoms with Crippen LogP contribution in [-0.2, 0) is 4.74 Å². The molecular weight excluding hydrogens is 318 g/mol. The second-order valence-corrected chi connectivity index (χ2v) is 5.37. The number of hydrogen-bond donors (Lipinski definition) is 2. The van der Waals surface area contributed by atoms with Crippen LogP contribution in [0.2, 0.25) is 0 Å². The van der Waals surface area contributed by atoms with Crippen molar-refractivity contribution in [2.75, 3.05) is 12.8 Å². The molecule has 0 atom stereocenters. The number of nitrogens with zero attached hydrogens (tertiary/aromatic N) is 3. The lowest BCUT2D eigenvalue weighted by Crippen LogP contribution is -2.02. The molecule has 0 bridgehead atoms. The lowest BCUT2D eigenvalue weighted by Gasteiger charge is -2.09. The van der Waals surface area contributed by atoms with Gasteiger partial charge in [0, 0.05) is 16.8 Å². The molecule has 0 aliphatic rings. The number of nitrogen functional groups attached to an aromatic ring is 1. The first kappa shape index (κ1) is 16.2. The molecule has 2 aromatic heterocycles. The topological polar surface area (TPSA) is 118 Å². The van der Waals surface area contributed by atoms with Crippen molar-refractivity contribution in [1.82, 2.24) is 15.0 Å². The van der Waals surface area contributed by atoms with Gasteiger partial charge in [0.25, 0.3) is 0 Å². The predicted molar refractivity (Wildman–Crippen MR) is 92.5 cm³/mol. The Balaban J connectivity index is 2.12. The lowest BCUT2D eigenvalue weighted by molar-refractivity contribution is 0.0601. The second-order valence-electron chi connectivity index (χ2n) is 5.37. The maximum absolute atomic E-state index is 11.5. The molecule has 0 unspecified atom stereocenters. The van der Waals surface area contributed by atoms with Crippen molar-refractivity contribution in [3.8, 4) is 28.6 Å². The fraction of sp³-hybridized carbons (Fsp3) is 0.111. The highest BCUT2D eigenvalue weighted by atomic mass is 16.5. The van der Waals surface area contributed by atoms with Gasteiger partial charge in [-0.15, -0.1) is 0 Å². The van der Waals surface area contributed by atoms with Crippen LogP contribution in [-0.4, -0.2) is 28.0 Å². The van der Waals surface area contributed by atoms with Gasteiger partial charge in [-0.1, -0.05) is 12.1 Å². The van der Waals surface area contributed by atoms with Gasteiger partial charge in [-0.2, -0.15) is 5.26 Å².